The second-order valence-electron chi connectivity index (χ2n) is 6.20. The Morgan fingerprint density at radius 1 is 1.08 bits per heavy atom. The quantitative estimate of drug-likeness (QED) is 0.798. The standard InChI is InChI=1S/C19H19N5O/c25-19(14-5-2-1-3-6-14)24-12-4-7-15(13-24)22-17-9-8-16-18(23-17)21-11-10-20-16/h1-3,5-6,8-11,15H,4,7,12-13H2,(H,21,22,23)/t15-/m1/s1. The molecule has 6 nitrogen and oxygen atoms in total. The molecular formula is C19H19N5O. The zero-order valence-electron chi connectivity index (χ0n) is 13.8. The fourth-order valence-electron chi connectivity index (χ4n) is 3.19. The number of pyridine rings is 1. The summed E-state index contributed by atoms with van der Waals surface area (Å²) < 4.78 is 0. The van der Waals surface area contributed by atoms with Crippen molar-refractivity contribution in [2.45, 2.75) is 18.9 Å². The number of nitrogens with zero attached hydrogens (tertiary/aromatic N) is 4. The van der Waals surface area contributed by atoms with Gasteiger partial charge in [-0.25, -0.2) is 9.97 Å². The number of fused-ring (bicyclic) bond motifs is 1. The van der Waals surface area contributed by atoms with Gasteiger partial charge in [0.15, 0.2) is 5.65 Å². The van der Waals surface area contributed by atoms with Crippen molar-refractivity contribution in [3.63, 3.8) is 0 Å². The Morgan fingerprint density at radius 2 is 1.92 bits per heavy atom. The van der Waals surface area contributed by atoms with Crippen LogP contribution in [-0.4, -0.2) is 44.9 Å². The third-order valence-corrected chi connectivity index (χ3v) is 4.41. The highest BCUT2D eigenvalue weighted by atomic mass is 16.2. The summed E-state index contributed by atoms with van der Waals surface area (Å²) in [5.74, 6) is 0.858. The molecule has 1 N–H and O–H groups in total. The van der Waals surface area contributed by atoms with Crippen LogP contribution in [0, 0.1) is 0 Å². The first-order valence-corrected chi connectivity index (χ1v) is 8.48. The van der Waals surface area contributed by atoms with Crippen molar-refractivity contribution >= 4 is 22.9 Å². The lowest BCUT2D eigenvalue weighted by Gasteiger charge is -2.33. The van der Waals surface area contributed by atoms with Crippen molar-refractivity contribution in [2.75, 3.05) is 18.4 Å². The first-order valence-electron chi connectivity index (χ1n) is 8.48. The number of hydrogen-bond acceptors (Lipinski definition) is 5. The number of piperidine rings is 1. The predicted octanol–water partition coefficient (Wildman–Crippen LogP) is 2.74. The van der Waals surface area contributed by atoms with E-state index >= 15 is 0 Å². The van der Waals surface area contributed by atoms with Gasteiger partial charge in [-0.15, -0.1) is 0 Å². The van der Waals surface area contributed by atoms with Gasteiger partial charge in [0.05, 0.1) is 0 Å². The summed E-state index contributed by atoms with van der Waals surface area (Å²) >= 11 is 0. The molecular weight excluding hydrogens is 314 g/mol. The fourth-order valence-corrected chi connectivity index (χ4v) is 3.19. The molecule has 25 heavy (non-hydrogen) atoms. The van der Waals surface area contributed by atoms with E-state index in [-0.39, 0.29) is 11.9 Å². The van der Waals surface area contributed by atoms with Crippen LogP contribution in [0.2, 0.25) is 0 Å². The van der Waals surface area contributed by atoms with Crippen molar-refractivity contribution in [3.05, 3.63) is 60.4 Å². The van der Waals surface area contributed by atoms with E-state index in [1.807, 2.05) is 47.4 Å². The summed E-state index contributed by atoms with van der Waals surface area (Å²) in [5.41, 5.74) is 2.14. The molecule has 6 heteroatoms. The molecule has 3 aromatic rings. The average molecular weight is 333 g/mol. The third-order valence-electron chi connectivity index (χ3n) is 4.41. The maximum atomic E-state index is 12.6. The van der Waals surface area contributed by atoms with Crippen molar-refractivity contribution in [1.29, 1.82) is 0 Å². The van der Waals surface area contributed by atoms with Gasteiger partial charge in [-0.05, 0) is 37.1 Å². The maximum Gasteiger partial charge on any atom is 0.253 e. The molecule has 1 aliphatic heterocycles. The molecule has 0 radical (unpaired) electrons. The van der Waals surface area contributed by atoms with E-state index in [1.54, 1.807) is 12.4 Å². The Morgan fingerprint density at radius 3 is 2.80 bits per heavy atom. The molecule has 1 saturated heterocycles. The smallest absolute Gasteiger partial charge is 0.253 e. The molecule has 1 aliphatic rings. The molecule has 1 atom stereocenters. The minimum atomic E-state index is 0.0874. The second-order valence-corrected chi connectivity index (χ2v) is 6.20. The van der Waals surface area contributed by atoms with Gasteiger partial charge >= 0.3 is 0 Å². The first-order chi connectivity index (χ1) is 12.3. The Kier molecular flexibility index (Phi) is 4.24. The van der Waals surface area contributed by atoms with Crippen LogP contribution in [-0.2, 0) is 0 Å². The van der Waals surface area contributed by atoms with Gasteiger partial charge in [0.2, 0.25) is 0 Å². The Bertz CT molecular complexity index is 883. The number of carbonyl (C=O) groups is 1. The number of rotatable bonds is 3. The Balaban J connectivity index is 1.46. The molecule has 126 valence electrons. The number of carbonyl (C=O) groups excluding carboxylic acids is 1. The molecule has 4 rings (SSSR count). The third kappa shape index (κ3) is 3.42. The minimum absolute atomic E-state index is 0.0874. The van der Waals surface area contributed by atoms with E-state index in [2.05, 4.69) is 20.3 Å². The van der Waals surface area contributed by atoms with Crippen LogP contribution in [0.25, 0.3) is 11.2 Å². The van der Waals surface area contributed by atoms with Crippen LogP contribution in [0.1, 0.15) is 23.2 Å². The molecule has 3 heterocycles. The van der Waals surface area contributed by atoms with Gasteiger partial charge in [-0.3, -0.25) is 9.78 Å². The SMILES string of the molecule is O=C(c1ccccc1)N1CCC[C@@H](Nc2ccc3nccnc3n2)C1. The monoisotopic (exact) mass is 333 g/mol. The van der Waals surface area contributed by atoms with Crippen molar-refractivity contribution in [3.8, 4) is 0 Å². The molecule has 2 aromatic heterocycles. The van der Waals surface area contributed by atoms with Crippen LogP contribution in [0.4, 0.5) is 5.82 Å². The number of benzene rings is 1. The lowest BCUT2D eigenvalue weighted by molar-refractivity contribution is 0.0714. The van der Waals surface area contributed by atoms with Gasteiger partial charge < -0.3 is 10.2 Å². The molecule has 0 bridgehead atoms. The van der Waals surface area contributed by atoms with Crippen LogP contribution < -0.4 is 5.32 Å². The first kappa shape index (κ1) is 15.5. The summed E-state index contributed by atoms with van der Waals surface area (Å²) in [5, 5.41) is 3.44. The largest absolute Gasteiger partial charge is 0.365 e. The van der Waals surface area contributed by atoms with Crippen LogP contribution in [0.15, 0.2) is 54.9 Å². The molecule has 0 spiro atoms. The molecule has 1 amide bonds. The number of aromatic nitrogens is 3. The van der Waals surface area contributed by atoms with Crippen molar-refractivity contribution in [2.24, 2.45) is 0 Å². The predicted molar refractivity (Wildman–Crippen MR) is 96.3 cm³/mol. The number of likely N-dealkylation sites (tertiary alicyclic amines) is 1. The molecule has 0 unspecified atom stereocenters. The molecule has 1 aromatic carbocycles. The van der Waals surface area contributed by atoms with Crippen LogP contribution >= 0.6 is 0 Å². The van der Waals surface area contributed by atoms with E-state index in [0.29, 0.717) is 12.2 Å². The minimum Gasteiger partial charge on any atom is -0.365 e. The zero-order valence-corrected chi connectivity index (χ0v) is 13.8. The van der Waals surface area contributed by atoms with E-state index in [4.69, 9.17) is 0 Å². The normalized spacial score (nSPS) is 17.4. The average Bonchev–Trinajstić information content (AvgIpc) is 2.68. The van der Waals surface area contributed by atoms with Gasteiger partial charge in [0.25, 0.3) is 5.91 Å². The molecule has 0 aliphatic carbocycles. The van der Waals surface area contributed by atoms with Crippen molar-refractivity contribution < 1.29 is 4.79 Å². The zero-order chi connectivity index (χ0) is 17.1. The summed E-state index contributed by atoms with van der Waals surface area (Å²) in [4.78, 5) is 27.5. The van der Waals surface area contributed by atoms with E-state index < -0.39 is 0 Å². The highest BCUT2D eigenvalue weighted by Gasteiger charge is 2.24. The number of hydrogen-bond donors (Lipinski definition) is 1. The summed E-state index contributed by atoms with van der Waals surface area (Å²) in [6, 6.07) is 13.4. The maximum absolute atomic E-state index is 12.6. The van der Waals surface area contributed by atoms with Gasteiger partial charge in [0, 0.05) is 37.1 Å². The second kappa shape index (κ2) is 6.84. The van der Waals surface area contributed by atoms with Crippen LogP contribution in [0.5, 0.6) is 0 Å². The molecule has 0 saturated carbocycles. The van der Waals surface area contributed by atoms with E-state index in [0.717, 1.165) is 36.3 Å². The summed E-state index contributed by atoms with van der Waals surface area (Å²) in [7, 11) is 0. The summed E-state index contributed by atoms with van der Waals surface area (Å²) in [6.07, 6.45) is 5.29. The van der Waals surface area contributed by atoms with Gasteiger partial charge in [-0.1, -0.05) is 18.2 Å². The fraction of sp³-hybridized carbons (Fsp3) is 0.263. The van der Waals surface area contributed by atoms with Gasteiger partial charge in [0.1, 0.15) is 11.3 Å². The van der Waals surface area contributed by atoms with E-state index in [9.17, 15) is 4.79 Å². The lowest BCUT2D eigenvalue weighted by atomic mass is 10.0. The summed E-state index contributed by atoms with van der Waals surface area (Å²) in [6.45, 7) is 1.47. The number of nitrogens with one attached hydrogen (secondary N) is 1. The highest BCUT2D eigenvalue weighted by molar-refractivity contribution is 5.94. The van der Waals surface area contributed by atoms with Crippen LogP contribution in [0.3, 0.4) is 0 Å². The Labute approximate surface area is 145 Å². The van der Waals surface area contributed by atoms with E-state index in [1.165, 1.54) is 0 Å². The lowest BCUT2D eigenvalue weighted by Crippen LogP contribution is -2.45. The van der Waals surface area contributed by atoms with Crippen molar-refractivity contribution in [1.82, 2.24) is 19.9 Å². The topological polar surface area (TPSA) is 71.0 Å². The number of anilines is 1. The molecule has 1 fully saturated rings. The number of amides is 1. The highest BCUT2D eigenvalue weighted by Crippen LogP contribution is 2.18. The van der Waals surface area contributed by atoms with Gasteiger partial charge in [-0.2, -0.15) is 0 Å². The Hall–Kier alpha value is -3.02.